The summed E-state index contributed by atoms with van der Waals surface area (Å²) < 4.78 is 10.4. The third kappa shape index (κ3) is 4.05. The van der Waals surface area contributed by atoms with Gasteiger partial charge in [0, 0.05) is 38.1 Å². The molecule has 0 fully saturated rings. The molecule has 0 saturated carbocycles. The van der Waals surface area contributed by atoms with Gasteiger partial charge in [-0.25, -0.2) is 0 Å². The van der Waals surface area contributed by atoms with Crippen LogP contribution in [-0.4, -0.2) is 9.13 Å². The van der Waals surface area contributed by atoms with Gasteiger partial charge >= 0.3 is 0 Å². The van der Waals surface area contributed by atoms with E-state index in [1.54, 1.807) is 18.2 Å². The Morgan fingerprint density at radius 2 is 1.00 bits per heavy atom. The molecule has 0 saturated heterocycles. The molecular weight excluding hydrogens is 653 g/mol. The van der Waals surface area contributed by atoms with Crippen LogP contribution in [0.2, 0.25) is 0 Å². The van der Waals surface area contributed by atoms with Crippen molar-refractivity contribution in [3.05, 3.63) is 156 Å². The molecule has 0 amide bonds. The largest absolute Gasteiger partial charge is 0.455 e. The first-order valence-corrected chi connectivity index (χ1v) is 16.9. The molecule has 53 heavy (non-hydrogen) atoms. The van der Waals surface area contributed by atoms with Gasteiger partial charge in [-0.05, 0) is 54.6 Å². The number of hydrogen-bond donors (Lipinski definition) is 0. The number of nitriles is 4. The van der Waals surface area contributed by atoms with Crippen molar-refractivity contribution in [1.29, 1.82) is 21.0 Å². The first-order chi connectivity index (χ1) is 26.1. The fourth-order valence-corrected chi connectivity index (χ4v) is 8.09. The highest BCUT2D eigenvalue weighted by atomic mass is 16.3. The second-order valence-electron chi connectivity index (χ2n) is 12.9. The van der Waals surface area contributed by atoms with Crippen LogP contribution in [0.25, 0.3) is 88.1 Å². The van der Waals surface area contributed by atoms with Gasteiger partial charge in [-0.2, -0.15) is 21.0 Å². The van der Waals surface area contributed by atoms with Crippen LogP contribution in [-0.2, 0) is 0 Å². The fraction of sp³-hybridized carbons (Fsp3) is 0. The van der Waals surface area contributed by atoms with Crippen molar-refractivity contribution < 1.29 is 4.42 Å². The number of para-hydroxylation sites is 4. The number of benzene rings is 7. The maximum absolute atomic E-state index is 10.8. The quantitative estimate of drug-likeness (QED) is 0.185. The molecule has 3 aromatic heterocycles. The van der Waals surface area contributed by atoms with E-state index < -0.39 is 0 Å². The van der Waals surface area contributed by atoms with Gasteiger partial charge < -0.3 is 13.6 Å². The fourth-order valence-electron chi connectivity index (χ4n) is 8.09. The molecule has 0 aliphatic rings. The minimum Gasteiger partial charge on any atom is -0.455 e. The molecule has 0 atom stereocenters. The van der Waals surface area contributed by atoms with E-state index in [1.165, 1.54) is 0 Å². The number of aromatic nitrogens is 2. The van der Waals surface area contributed by atoms with Crippen molar-refractivity contribution in [2.24, 2.45) is 0 Å². The van der Waals surface area contributed by atoms with Crippen molar-refractivity contribution in [3.8, 4) is 46.8 Å². The predicted molar refractivity (Wildman–Crippen MR) is 207 cm³/mol. The van der Waals surface area contributed by atoms with E-state index in [-0.39, 0.29) is 16.7 Å². The molecule has 0 aliphatic heterocycles. The van der Waals surface area contributed by atoms with Crippen LogP contribution in [0.5, 0.6) is 0 Å². The molecule has 10 rings (SSSR count). The van der Waals surface area contributed by atoms with Crippen LogP contribution >= 0.6 is 0 Å². The highest BCUT2D eigenvalue weighted by Gasteiger charge is 2.25. The van der Waals surface area contributed by atoms with E-state index >= 15 is 0 Å². The molecule has 0 bridgehead atoms. The van der Waals surface area contributed by atoms with Crippen molar-refractivity contribution >= 4 is 65.6 Å². The Balaban J connectivity index is 1.22. The molecule has 0 unspecified atom stereocenters. The van der Waals surface area contributed by atoms with Crippen LogP contribution in [0.1, 0.15) is 22.3 Å². The lowest BCUT2D eigenvalue weighted by Crippen LogP contribution is -2.04. The summed E-state index contributed by atoms with van der Waals surface area (Å²) in [5, 5.41) is 48.5. The lowest BCUT2D eigenvalue weighted by Gasteiger charge is -2.16. The zero-order chi connectivity index (χ0) is 35.8. The molecule has 0 aliphatic carbocycles. The normalized spacial score (nSPS) is 11.3. The summed E-state index contributed by atoms with van der Waals surface area (Å²) in [6.45, 7) is 0. The number of hydrogen-bond acceptors (Lipinski definition) is 5. The lowest BCUT2D eigenvalue weighted by atomic mass is 9.90. The minimum absolute atomic E-state index is 0.116. The van der Waals surface area contributed by atoms with Crippen molar-refractivity contribution in [2.45, 2.75) is 0 Å². The van der Waals surface area contributed by atoms with Gasteiger partial charge in [0.1, 0.15) is 29.4 Å². The van der Waals surface area contributed by atoms with Gasteiger partial charge in [-0.15, -0.1) is 0 Å². The highest BCUT2D eigenvalue weighted by Crippen LogP contribution is 2.43. The summed E-state index contributed by atoms with van der Waals surface area (Å²) in [6.07, 6.45) is 0. The molecule has 0 N–H and O–H groups in total. The van der Waals surface area contributed by atoms with Gasteiger partial charge in [0.15, 0.2) is 0 Å². The molecule has 7 nitrogen and oxygen atoms in total. The summed E-state index contributed by atoms with van der Waals surface area (Å²) in [4.78, 5) is 0. The topological polar surface area (TPSA) is 118 Å². The first kappa shape index (κ1) is 29.8. The molecule has 3 heterocycles. The van der Waals surface area contributed by atoms with E-state index in [9.17, 15) is 21.0 Å². The smallest absolute Gasteiger partial charge is 0.145 e. The Labute approximate surface area is 301 Å². The Morgan fingerprint density at radius 1 is 0.415 bits per heavy atom. The van der Waals surface area contributed by atoms with E-state index in [1.807, 2.05) is 124 Å². The molecular formula is C46H22N6O. The second-order valence-corrected chi connectivity index (χ2v) is 12.9. The Kier molecular flexibility index (Phi) is 6.30. The van der Waals surface area contributed by atoms with Crippen LogP contribution in [0, 0.1) is 45.3 Å². The molecule has 0 spiro atoms. The van der Waals surface area contributed by atoms with Gasteiger partial charge in [0.25, 0.3) is 0 Å². The second kappa shape index (κ2) is 11.2. The van der Waals surface area contributed by atoms with Crippen molar-refractivity contribution in [3.63, 3.8) is 0 Å². The molecule has 242 valence electrons. The summed E-state index contributed by atoms with van der Waals surface area (Å²) in [6, 6.07) is 52.1. The van der Waals surface area contributed by atoms with E-state index in [0.29, 0.717) is 28.1 Å². The Bertz CT molecular complexity index is 3350. The maximum atomic E-state index is 10.8. The predicted octanol–water partition coefficient (Wildman–Crippen LogP) is 10.9. The first-order valence-electron chi connectivity index (χ1n) is 16.9. The number of fused-ring (bicyclic) bond motifs is 10. The van der Waals surface area contributed by atoms with Crippen molar-refractivity contribution in [1.82, 2.24) is 9.13 Å². The van der Waals surface area contributed by atoms with Gasteiger partial charge in [-0.1, -0.05) is 78.9 Å². The average Bonchev–Trinajstić information content (AvgIpc) is 3.87. The van der Waals surface area contributed by atoms with Crippen LogP contribution in [0.4, 0.5) is 0 Å². The average molecular weight is 675 g/mol. The van der Waals surface area contributed by atoms with E-state index in [0.717, 1.165) is 65.6 Å². The molecule has 7 aromatic carbocycles. The summed E-state index contributed by atoms with van der Waals surface area (Å²) in [5.74, 6) is 0. The van der Waals surface area contributed by atoms with E-state index in [4.69, 9.17) is 4.42 Å². The SMILES string of the molecule is N#Cc1cc(-n2c3ccccc3c3ccccc32)c(C#N)cc1-c1ccc(-n2c3ccccc3c3c4oc5ccccc5c4ccc32)c(C#N)c1C#N. The molecule has 0 radical (unpaired) electrons. The number of furan rings is 1. The maximum Gasteiger partial charge on any atom is 0.145 e. The summed E-state index contributed by atoms with van der Waals surface area (Å²) in [7, 11) is 0. The van der Waals surface area contributed by atoms with Crippen LogP contribution in [0.15, 0.2) is 138 Å². The zero-order valence-electron chi connectivity index (χ0n) is 27.8. The van der Waals surface area contributed by atoms with Crippen molar-refractivity contribution in [2.75, 3.05) is 0 Å². The standard InChI is InChI=1S/C46H22N6O/c47-23-27-22-43(52-38-13-5-1-9-30(38)31-10-2-6-14-39(31)52)28(24-48)21-35(27)29-17-19-41(37(26-50)36(29)25-49)51-40-15-7-3-12-34(40)45-42(51)20-18-33-32-11-4-8-16-44(32)53-46(33)45/h1-22H. The van der Waals surface area contributed by atoms with Gasteiger partial charge in [-0.3, -0.25) is 0 Å². The minimum atomic E-state index is 0.116. The van der Waals surface area contributed by atoms with Gasteiger partial charge in [0.2, 0.25) is 0 Å². The molecule has 10 aromatic rings. The van der Waals surface area contributed by atoms with Gasteiger partial charge in [0.05, 0.1) is 67.2 Å². The Morgan fingerprint density at radius 3 is 1.66 bits per heavy atom. The monoisotopic (exact) mass is 674 g/mol. The van der Waals surface area contributed by atoms with E-state index in [2.05, 4.69) is 24.3 Å². The molecule has 7 heteroatoms. The lowest BCUT2D eigenvalue weighted by molar-refractivity contribution is 0.673. The van der Waals surface area contributed by atoms with Crippen LogP contribution < -0.4 is 0 Å². The number of rotatable bonds is 3. The third-order valence-corrected chi connectivity index (χ3v) is 10.3. The number of nitrogens with zero attached hydrogens (tertiary/aromatic N) is 6. The Hall–Kier alpha value is -8.10. The third-order valence-electron chi connectivity index (χ3n) is 10.3. The zero-order valence-corrected chi connectivity index (χ0v) is 27.8. The van der Waals surface area contributed by atoms with Crippen LogP contribution in [0.3, 0.4) is 0 Å². The summed E-state index contributed by atoms with van der Waals surface area (Å²) in [5.41, 5.74) is 7.78. The summed E-state index contributed by atoms with van der Waals surface area (Å²) >= 11 is 0. The highest BCUT2D eigenvalue weighted by molar-refractivity contribution is 6.24.